The highest BCUT2D eigenvalue weighted by Gasteiger charge is 2.10. The normalized spacial score (nSPS) is 10.9. The van der Waals surface area contributed by atoms with Crippen molar-refractivity contribution in [1.82, 2.24) is 0 Å². The second kappa shape index (κ2) is 4.32. The van der Waals surface area contributed by atoms with Crippen LogP contribution in [0.1, 0.15) is 30.9 Å². The first-order valence-electron chi connectivity index (χ1n) is 4.15. The van der Waals surface area contributed by atoms with Crippen LogP contribution in [0.3, 0.4) is 0 Å². The van der Waals surface area contributed by atoms with Gasteiger partial charge in [0.05, 0.1) is 6.61 Å². The Bertz CT molecular complexity index is 285. The molecule has 0 saturated carbocycles. The van der Waals surface area contributed by atoms with Gasteiger partial charge >= 0.3 is 0 Å². The fourth-order valence-electron chi connectivity index (χ4n) is 1.28. The average molecular weight is 219 g/mol. The molecule has 0 spiro atoms. The summed E-state index contributed by atoms with van der Waals surface area (Å²) >= 11 is 12.0. The molecular formula is C10H12Cl2O. The fourth-order valence-corrected chi connectivity index (χ4v) is 2.25. The molecule has 0 bridgehead atoms. The number of aliphatic hydroxyl groups is 1. The van der Waals surface area contributed by atoms with E-state index in [0.717, 1.165) is 11.1 Å². The number of hydrogen-bond donors (Lipinski definition) is 1. The van der Waals surface area contributed by atoms with E-state index in [1.54, 1.807) is 12.1 Å². The highest BCUT2D eigenvalue weighted by atomic mass is 35.5. The molecule has 3 heteroatoms. The second-order valence-electron chi connectivity index (χ2n) is 3.29. The van der Waals surface area contributed by atoms with Crippen LogP contribution in [0, 0.1) is 0 Å². The molecule has 0 amide bonds. The van der Waals surface area contributed by atoms with Crippen molar-refractivity contribution in [2.75, 3.05) is 0 Å². The van der Waals surface area contributed by atoms with Crippen LogP contribution in [0.5, 0.6) is 0 Å². The van der Waals surface area contributed by atoms with Crippen molar-refractivity contribution in [2.24, 2.45) is 0 Å². The molecule has 1 rings (SSSR count). The van der Waals surface area contributed by atoms with Crippen LogP contribution in [0.2, 0.25) is 10.0 Å². The summed E-state index contributed by atoms with van der Waals surface area (Å²) in [7, 11) is 0. The Kier molecular flexibility index (Phi) is 3.60. The van der Waals surface area contributed by atoms with Gasteiger partial charge in [0.25, 0.3) is 0 Å². The molecule has 1 aromatic rings. The largest absolute Gasteiger partial charge is 0.392 e. The Morgan fingerprint density at radius 2 is 1.69 bits per heavy atom. The summed E-state index contributed by atoms with van der Waals surface area (Å²) in [6.45, 7) is 4.04. The Balaban J connectivity index is 3.23. The van der Waals surface area contributed by atoms with Gasteiger partial charge in [-0.05, 0) is 29.2 Å². The third-order valence-corrected chi connectivity index (χ3v) is 2.52. The van der Waals surface area contributed by atoms with Crippen molar-refractivity contribution in [3.05, 3.63) is 33.3 Å². The van der Waals surface area contributed by atoms with Gasteiger partial charge < -0.3 is 5.11 Å². The van der Waals surface area contributed by atoms with Gasteiger partial charge in [-0.2, -0.15) is 0 Å². The molecule has 1 nitrogen and oxygen atoms in total. The maximum absolute atomic E-state index is 8.90. The van der Waals surface area contributed by atoms with Crippen LogP contribution >= 0.6 is 23.2 Å². The lowest BCUT2D eigenvalue weighted by atomic mass is 10.0. The van der Waals surface area contributed by atoms with E-state index in [0.29, 0.717) is 16.0 Å². The molecule has 0 aliphatic rings. The first-order valence-corrected chi connectivity index (χ1v) is 4.90. The average Bonchev–Trinajstić information content (AvgIpc) is 2.02. The molecule has 0 unspecified atom stereocenters. The molecule has 0 radical (unpaired) electrons. The summed E-state index contributed by atoms with van der Waals surface area (Å²) in [5.41, 5.74) is 1.69. The van der Waals surface area contributed by atoms with Gasteiger partial charge in [0, 0.05) is 10.0 Å². The molecule has 0 aliphatic carbocycles. The number of benzene rings is 1. The molecule has 0 aliphatic heterocycles. The van der Waals surface area contributed by atoms with E-state index in [-0.39, 0.29) is 6.61 Å². The maximum Gasteiger partial charge on any atom is 0.0682 e. The minimum absolute atomic E-state index is 0.0299. The van der Waals surface area contributed by atoms with Crippen LogP contribution in [-0.4, -0.2) is 5.11 Å². The number of aliphatic hydroxyl groups excluding tert-OH is 1. The fraction of sp³-hybridized carbons (Fsp3) is 0.400. The lowest BCUT2D eigenvalue weighted by Gasteiger charge is -2.11. The van der Waals surface area contributed by atoms with E-state index in [4.69, 9.17) is 28.3 Å². The van der Waals surface area contributed by atoms with Crippen LogP contribution in [0.4, 0.5) is 0 Å². The van der Waals surface area contributed by atoms with E-state index in [1.165, 1.54) is 0 Å². The van der Waals surface area contributed by atoms with Crippen molar-refractivity contribution >= 4 is 23.2 Å². The minimum atomic E-state index is -0.0299. The van der Waals surface area contributed by atoms with E-state index in [1.807, 2.05) is 13.8 Å². The van der Waals surface area contributed by atoms with Gasteiger partial charge in [-0.1, -0.05) is 37.0 Å². The monoisotopic (exact) mass is 218 g/mol. The first-order chi connectivity index (χ1) is 6.06. The Morgan fingerprint density at radius 3 is 2.00 bits per heavy atom. The van der Waals surface area contributed by atoms with Gasteiger partial charge in [0.1, 0.15) is 0 Å². The molecule has 0 aromatic heterocycles. The predicted octanol–water partition coefficient (Wildman–Crippen LogP) is 3.61. The van der Waals surface area contributed by atoms with Crippen LogP contribution < -0.4 is 0 Å². The zero-order chi connectivity index (χ0) is 10.0. The molecule has 0 heterocycles. The first kappa shape index (κ1) is 10.8. The maximum atomic E-state index is 8.90. The summed E-state index contributed by atoms with van der Waals surface area (Å²) in [4.78, 5) is 0. The van der Waals surface area contributed by atoms with E-state index < -0.39 is 0 Å². The van der Waals surface area contributed by atoms with Crippen LogP contribution in [-0.2, 0) is 6.61 Å². The third-order valence-electron chi connectivity index (χ3n) is 1.90. The SMILES string of the molecule is CC(C)c1c(Cl)cc(CO)cc1Cl. The second-order valence-corrected chi connectivity index (χ2v) is 4.10. The Hall–Kier alpha value is -0.240. The van der Waals surface area contributed by atoms with Crippen LogP contribution in [0.25, 0.3) is 0 Å². The third kappa shape index (κ3) is 2.37. The number of hydrogen-bond acceptors (Lipinski definition) is 1. The molecule has 0 saturated heterocycles. The van der Waals surface area contributed by atoms with Crippen molar-refractivity contribution in [3.8, 4) is 0 Å². The smallest absolute Gasteiger partial charge is 0.0682 e. The summed E-state index contributed by atoms with van der Waals surface area (Å²) in [6, 6.07) is 3.51. The van der Waals surface area contributed by atoms with Crippen molar-refractivity contribution in [3.63, 3.8) is 0 Å². The zero-order valence-electron chi connectivity index (χ0n) is 7.64. The van der Waals surface area contributed by atoms with Crippen molar-refractivity contribution in [1.29, 1.82) is 0 Å². The highest BCUT2D eigenvalue weighted by molar-refractivity contribution is 6.36. The van der Waals surface area contributed by atoms with Gasteiger partial charge in [-0.25, -0.2) is 0 Å². The van der Waals surface area contributed by atoms with Crippen LogP contribution in [0.15, 0.2) is 12.1 Å². The molecule has 72 valence electrons. The highest BCUT2D eigenvalue weighted by Crippen LogP contribution is 2.32. The molecule has 0 atom stereocenters. The molecule has 0 fully saturated rings. The predicted molar refractivity (Wildman–Crippen MR) is 56.5 cm³/mol. The number of halogens is 2. The van der Waals surface area contributed by atoms with Crippen molar-refractivity contribution < 1.29 is 5.11 Å². The van der Waals surface area contributed by atoms with Gasteiger partial charge in [0.2, 0.25) is 0 Å². The number of rotatable bonds is 2. The standard InChI is InChI=1S/C10H12Cl2O/c1-6(2)10-8(11)3-7(5-13)4-9(10)12/h3-4,6,13H,5H2,1-2H3. The quantitative estimate of drug-likeness (QED) is 0.805. The van der Waals surface area contributed by atoms with E-state index >= 15 is 0 Å². The van der Waals surface area contributed by atoms with Gasteiger partial charge in [-0.15, -0.1) is 0 Å². The molecule has 1 N–H and O–H groups in total. The summed E-state index contributed by atoms with van der Waals surface area (Å²) in [6.07, 6.45) is 0. The molecule has 13 heavy (non-hydrogen) atoms. The summed E-state index contributed by atoms with van der Waals surface area (Å²) in [5, 5.41) is 10.2. The van der Waals surface area contributed by atoms with Gasteiger partial charge in [-0.3, -0.25) is 0 Å². The molecule has 1 aromatic carbocycles. The molecular weight excluding hydrogens is 207 g/mol. The Labute approximate surface area is 88.3 Å². The topological polar surface area (TPSA) is 20.2 Å². The summed E-state index contributed by atoms with van der Waals surface area (Å²) in [5.74, 6) is 0.299. The Morgan fingerprint density at radius 1 is 1.23 bits per heavy atom. The van der Waals surface area contributed by atoms with Gasteiger partial charge in [0.15, 0.2) is 0 Å². The zero-order valence-corrected chi connectivity index (χ0v) is 9.15. The summed E-state index contributed by atoms with van der Waals surface area (Å²) < 4.78 is 0. The minimum Gasteiger partial charge on any atom is -0.392 e. The van der Waals surface area contributed by atoms with E-state index in [9.17, 15) is 0 Å². The lowest BCUT2D eigenvalue weighted by Crippen LogP contribution is -1.93. The lowest BCUT2D eigenvalue weighted by molar-refractivity contribution is 0.282. The van der Waals surface area contributed by atoms with Crippen molar-refractivity contribution in [2.45, 2.75) is 26.4 Å². The van der Waals surface area contributed by atoms with E-state index in [2.05, 4.69) is 0 Å².